The zero-order valence-corrected chi connectivity index (χ0v) is 18.8. The fourth-order valence-electron chi connectivity index (χ4n) is 3.41. The summed E-state index contributed by atoms with van der Waals surface area (Å²) in [6.45, 7) is 4.33. The molecule has 1 amide bonds. The number of anilines is 1. The Morgan fingerprint density at radius 3 is 2.71 bits per heavy atom. The van der Waals surface area contributed by atoms with Gasteiger partial charge in [0.05, 0.1) is 22.9 Å². The second-order valence-electron chi connectivity index (χ2n) is 7.30. The van der Waals surface area contributed by atoms with Gasteiger partial charge in [-0.25, -0.2) is 9.97 Å². The Kier molecular flexibility index (Phi) is 6.15. The topological polar surface area (TPSA) is 76.9 Å². The Morgan fingerprint density at radius 2 is 1.94 bits per heavy atom. The lowest BCUT2D eigenvalue weighted by Crippen LogP contribution is -2.22. The van der Waals surface area contributed by atoms with E-state index in [1.807, 2.05) is 50.2 Å². The fourth-order valence-corrected chi connectivity index (χ4v) is 4.39. The highest BCUT2D eigenvalue weighted by molar-refractivity contribution is 7.16. The molecule has 2 aromatic heterocycles. The molecule has 0 saturated heterocycles. The summed E-state index contributed by atoms with van der Waals surface area (Å²) in [5, 5.41) is 4.69. The normalized spacial score (nSPS) is 11.1. The smallest absolute Gasteiger partial charge is 0.261 e. The van der Waals surface area contributed by atoms with Crippen LogP contribution in [-0.2, 0) is 11.3 Å². The average molecular weight is 453 g/mol. The first-order chi connectivity index (χ1) is 14.9. The Bertz CT molecular complexity index is 1310. The van der Waals surface area contributed by atoms with Gasteiger partial charge in [0.2, 0.25) is 5.91 Å². The molecule has 4 rings (SSSR count). The van der Waals surface area contributed by atoms with Crippen LogP contribution in [0.4, 0.5) is 5.13 Å². The van der Waals surface area contributed by atoms with Gasteiger partial charge in [-0.2, -0.15) is 0 Å². The fraction of sp³-hybridized carbons (Fsp3) is 0.217. The molecule has 0 atom stereocenters. The standard InChI is InChI=1S/C23H21ClN4O2S/c1-14-5-3-6-18-20(14)25-13-28(22(18)30)12-4-7-19(29)26-23-27-21(15(2)31-23)16-8-10-17(24)11-9-16/h3,5-6,8-11,13H,4,7,12H2,1-2H3,(H,26,27,29). The van der Waals surface area contributed by atoms with Crippen LogP contribution in [0.15, 0.2) is 53.6 Å². The molecular weight excluding hydrogens is 432 g/mol. The van der Waals surface area contributed by atoms with Crippen LogP contribution in [0.25, 0.3) is 22.2 Å². The van der Waals surface area contributed by atoms with Gasteiger partial charge in [0, 0.05) is 28.4 Å². The minimum atomic E-state index is -0.131. The molecule has 0 saturated carbocycles. The maximum absolute atomic E-state index is 12.6. The molecule has 4 aromatic rings. The number of aromatic nitrogens is 3. The summed E-state index contributed by atoms with van der Waals surface area (Å²) in [7, 11) is 0. The molecule has 0 fully saturated rings. The summed E-state index contributed by atoms with van der Waals surface area (Å²) in [6.07, 6.45) is 2.37. The van der Waals surface area contributed by atoms with Crippen molar-refractivity contribution in [3.63, 3.8) is 0 Å². The zero-order chi connectivity index (χ0) is 22.0. The van der Waals surface area contributed by atoms with E-state index in [1.54, 1.807) is 17.0 Å². The summed E-state index contributed by atoms with van der Waals surface area (Å²) < 4.78 is 1.56. The molecule has 0 aliphatic rings. The first-order valence-electron chi connectivity index (χ1n) is 9.90. The number of para-hydroxylation sites is 1. The van der Waals surface area contributed by atoms with Crippen LogP contribution >= 0.6 is 22.9 Å². The van der Waals surface area contributed by atoms with Gasteiger partial charge in [-0.05, 0) is 44.0 Å². The summed E-state index contributed by atoms with van der Waals surface area (Å²) in [5.74, 6) is -0.131. The lowest BCUT2D eigenvalue weighted by atomic mass is 10.1. The van der Waals surface area contributed by atoms with Crippen molar-refractivity contribution in [2.45, 2.75) is 33.2 Å². The summed E-state index contributed by atoms with van der Waals surface area (Å²) in [5.41, 5.74) is 3.39. The van der Waals surface area contributed by atoms with Crippen molar-refractivity contribution >= 4 is 44.9 Å². The van der Waals surface area contributed by atoms with Gasteiger partial charge in [-0.3, -0.25) is 14.2 Å². The molecule has 2 heterocycles. The SMILES string of the molecule is Cc1sc(NC(=O)CCCn2cnc3c(C)cccc3c2=O)nc1-c1ccc(Cl)cc1. The third kappa shape index (κ3) is 4.68. The molecule has 0 bridgehead atoms. The zero-order valence-electron chi connectivity index (χ0n) is 17.2. The van der Waals surface area contributed by atoms with Gasteiger partial charge < -0.3 is 5.32 Å². The van der Waals surface area contributed by atoms with E-state index in [0.717, 1.165) is 27.2 Å². The van der Waals surface area contributed by atoms with Crippen molar-refractivity contribution in [1.29, 1.82) is 0 Å². The molecule has 0 aliphatic heterocycles. The van der Waals surface area contributed by atoms with Gasteiger partial charge in [0.15, 0.2) is 5.13 Å². The maximum Gasteiger partial charge on any atom is 0.261 e. The number of benzene rings is 2. The second-order valence-corrected chi connectivity index (χ2v) is 8.94. The van der Waals surface area contributed by atoms with Gasteiger partial charge in [0.1, 0.15) is 0 Å². The number of aryl methyl sites for hydroxylation is 3. The lowest BCUT2D eigenvalue weighted by molar-refractivity contribution is -0.116. The van der Waals surface area contributed by atoms with Gasteiger partial charge in [0.25, 0.3) is 5.56 Å². The van der Waals surface area contributed by atoms with Crippen molar-refractivity contribution < 1.29 is 4.79 Å². The molecule has 0 unspecified atom stereocenters. The summed E-state index contributed by atoms with van der Waals surface area (Å²) in [4.78, 5) is 35.0. The predicted octanol–water partition coefficient (Wildman–Crippen LogP) is 5.21. The number of hydrogen-bond acceptors (Lipinski definition) is 5. The number of hydrogen-bond donors (Lipinski definition) is 1. The highest BCUT2D eigenvalue weighted by atomic mass is 35.5. The molecule has 0 radical (unpaired) electrons. The van der Waals surface area contributed by atoms with Crippen LogP contribution < -0.4 is 10.9 Å². The van der Waals surface area contributed by atoms with E-state index in [2.05, 4.69) is 15.3 Å². The van der Waals surface area contributed by atoms with Crippen molar-refractivity contribution in [2.24, 2.45) is 0 Å². The number of carbonyl (C=O) groups excluding carboxylic acids is 1. The first-order valence-corrected chi connectivity index (χ1v) is 11.1. The largest absolute Gasteiger partial charge is 0.302 e. The van der Waals surface area contributed by atoms with E-state index in [9.17, 15) is 9.59 Å². The number of amides is 1. The summed E-state index contributed by atoms with van der Waals surface area (Å²) >= 11 is 7.39. The quantitative estimate of drug-likeness (QED) is 0.435. The minimum absolute atomic E-state index is 0.0859. The van der Waals surface area contributed by atoms with Crippen LogP contribution in [0.5, 0.6) is 0 Å². The third-order valence-electron chi connectivity index (χ3n) is 5.02. The molecule has 8 heteroatoms. The number of thiazole rings is 1. The molecule has 6 nitrogen and oxygen atoms in total. The highest BCUT2D eigenvalue weighted by Gasteiger charge is 2.12. The molecule has 158 valence electrons. The Balaban J connectivity index is 1.38. The molecule has 0 spiro atoms. The van der Waals surface area contributed by atoms with E-state index in [1.165, 1.54) is 11.3 Å². The summed E-state index contributed by atoms with van der Waals surface area (Å²) in [6, 6.07) is 13.0. The molecule has 2 aromatic carbocycles. The average Bonchev–Trinajstić information content (AvgIpc) is 3.10. The number of nitrogens with zero attached hydrogens (tertiary/aromatic N) is 3. The Labute approximate surface area is 188 Å². The third-order valence-corrected chi connectivity index (χ3v) is 6.16. The monoisotopic (exact) mass is 452 g/mol. The number of rotatable bonds is 6. The second kappa shape index (κ2) is 8.99. The Morgan fingerprint density at radius 1 is 1.16 bits per heavy atom. The van der Waals surface area contributed by atoms with Crippen molar-refractivity contribution in [2.75, 3.05) is 5.32 Å². The van der Waals surface area contributed by atoms with E-state index in [-0.39, 0.29) is 17.9 Å². The van der Waals surface area contributed by atoms with Crippen molar-refractivity contribution in [3.8, 4) is 11.3 Å². The Hall–Kier alpha value is -3.03. The van der Waals surface area contributed by atoms with Crippen LogP contribution in [0.2, 0.25) is 5.02 Å². The number of halogens is 1. The van der Waals surface area contributed by atoms with E-state index in [0.29, 0.717) is 28.5 Å². The number of fused-ring (bicyclic) bond motifs is 1. The van der Waals surface area contributed by atoms with Crippen molar-refractivity contribution in [3.05, 3.63) is 74.6 Å². The molecule has 1 N–H and O–H groups in total. The van der Waals surface area contributed by atoms with E-state index < -0.39 is 0 Å². The van der Waals surface area contributed by atoms with Crippen LogP contribution in [0.1, 0.15) is 23.3 Å². The predicted molar refractivity (Wildman–Crippen MR) is 126 cm³/mol. The number of carbonyl (C=O) groups is 1. The highest BCUT2D eigenvalue weighted by Crippen LogP contribution is 2.31. The van der Waals surface area contributed by atoms with E-state index in [4.69, 9.17) is 11.6 Å². The molecule has 31 heavy (non-hydrogen) atoms. The van der Waals surface area contributed by atoms with Crippen molar-refractivity contribution in [1.82, 2.24) is 14.5 Å². The minimum Gasteiger partial charge on any atom is -0.302 e. The van der Waals surface area contributed by atoms with Gasteiger partial charge in [-0.15, -0.1) is 11.3 Å². The van der Waals surface area contributed by atoms with Gasteiger partial charge in [-0.1, -0.05) is 35.9 Å². The first kappa shape index (κ1) is 21.2. The van der Waals surface area contributed by atoms with Crippen LogP contribution in [0.3, 0.4) is 0 Å². The molecule has 0 aliphatic carbocycles. The lowest BCUT2D eigenvalue weighted by Gasteiger charge is -2.07. The van der Waals surface area contributed by atoms with Gasteiger partial charge >= 0.3 is 0 Å². The van der Waals surface area contributed by atoms with Crippen LogP contribution in [0, 0.1) is 13.8 Å². The van der Waals surface area contributed by atoms with Crippen LogP contribution in [-0.4, -0.2) is 20.4 Å². The maximum atomic E-state index is 12.6. The molecular formula is C23H21ClN4O2S. The number of nitrogens with one attached hydrogen (secondary N) is 1. The van der Waals surface area contributed by atoms with E-state index >= 15 is 0 Å².